The van der Waals surface area contributed by atoms with Gasteiger partial charge in [-0.3, -0.25) is 4.79 Å². The van der Waals surface area contributed by atoms with Gasteiger partial charge in [0.1, 0.15) is 0 Å². The Bertz CT molecular complexity index is 397. The zero-order chi connectivity index (χ0) is 15.1. The summed E-state index contributed by atoms with van der Waals surface area (Å²) in [5, 5.41) is 8.73. The van der Waals surface area contributed by atoms with E-state index in [-0.39, 0.29) is 29.6 Å². The maximum Gasteiger partial charge on any atom is 0.320 e. The molecule has 0 radical (unpaired) electrons. The molecule has 0 unspecified atom stereocenters. The van der Waals surface area contributed by atoms with Crippen LogP contribution in [0, 0.1) is 5.92 Å². The lowest BCUT2D eigenvalue weighted by atomic mass is 9.96. The number of hydrogen-bond donors (Lipinski definition) is 1. The predicted molar refractivity (Wildman–Crippen MR) is 73.5 cm³/mol. The van der Waals surface area contributed by atoms with Crippen molar-refractivity contribution in [2.75, 3.05) is 26.2 Å². The summed E-state index contributed by atoms with van der Waals surface area (Å²) >= 11 is 0. The van der Waals surface area contributed by atoms with Gasteiger partial charge in [-0.15, -0.1) is 0 Å². The number of ether oxygens (including phenoxy) is 1. The number of carbonyl (C=O) groups excluding carboxylic acids is 1. The lowest BCUT2D eigenvalue weighted by molar-refractivity contribution is -0.172. The molecule has 114 valence electrons. The van der Waals surface area contributed by atoms with Gasteiger partial charge >= 0.3 is 12.0 Å². The second kappa shape index (κ2) is 4.91. The quantitative estimate of drug-likeness (QED) is 0.832. The van der Waals surface area contributed by atoms with Crippen LogP contribution in [0.5, 0.6) is 0 Å². The summed E-state index contributed by atoms with van der Waals surface area (Å²) in [4.78, 5) is 26.6. The van der Waals surface area contributed by atoms with Gasteiger partial charge in [0, 0.05) is 19.0 Å². The van der Waals surface area contributed by atoms with Crippen LogP contribution in [0.15, 0.2) is 0 Å². The van der Waals surface area contributed by atoms with Crippen LogP contribution in [-0.2, 0) is 9.53 Å². The van der Waals surface area contributed by atoms with Gasteiger partial charge in [0.2, 0.25) is 0 Å². The molecule has 2 aliphatic rings. The molecule has 0 atom stereocenters. The number of aliphatic carboxylic acids is 1. The molecule has 0 aromatic rings. The van der Waals surface area contributed by atoms with Crippen molar-refractivity contribution in [1.29, 1.82) is 0 Å². The molecular weight excluding hydrogens is 260 g/mol. The molecule has 20 heavy (non-hydrogen) atoms. The Balaban J connectivity index is 1.92. The molecule has 0 bridgehead atoms. The monoisotopic (exact) mass is 284 g/mol. The Morgan fingerprint density at radius 3 is 2.05 bits per heavy atom. The number of hydrogen-bond acceptors (Lipinski definition) is 3. The number of likely N-dealkylation sites (tertiary alicyclic amines) is 1. The van der Waals surface area contributed by atoms with Crippen molar-refractivity contribution in [2.45, 2.75) is 45.3 Å². The molecule has 2 saturated heterocycles. The number of carboxylic acid groups (broad SMARTS) is 1. The lowest BCUT2D eigenvalue weighted by Crippen LogP contribution is -2.63. The molecule has 2 heterocycles. The van der Waals surface area contributed by atoms with E-state index in [0.29, 0.717) is 26.2 Å². The first-order valence-corrected chi connectivity index (χ1v) is 7.04. The van der Waals surface area contributed by atoms with E-state index < -0.39 is 5.97 Å². The van der Waals surface area contributed by atoms with E-state index in [1.54, 1.807) is 4.90 Å². The fourth-order valence-corrected chi connectivity index (χ4v) is 3.23. The van der Waals surface area contributed by atoms with Gasteiger partial charge in [-0.05, 0) is 27.7 Å². The summed E-state index contributed by atoms with van der Waals surface area (Å²) in [6.45, 7) is 10.2. The van der Waals surface area contributed by atoms with Gasteiger partial charge in [0.15, 0.2) is 0 Å². The van der Waals surface area contributed by atoms with Gasteiger partial charge < -0.3 is 19.6 Å². The smallest absolute Gasteiger partial charge is 0.320 e. The van der Waals surface area contributed by atoms with Gasteiger partial charge in [0.05, 0.1) is 30.7 Å². The Labute approximate surface area is 119 Å². The third-order valence-electron chi connectivity index (χ3n) is 3.66. The number of amides is 2. The number of nitrogens with zero attached hydrogens (tertiary/aromatic N) is 2. The topological polar surface area (TPSA) is 70.1 Å². The number of carbonyl (C=O) groups is 2. The highest BCUT2D eigenvalue weighted by atomic mass is 16.5. The van der Waals surface area contributed by atoms with Crippen LogP contribution in [0.25, 0.3) is 0 Å². The van der Waals surface area contributed by atoms with Crippen molar-refractivity contribution in [3.63, 3.8) is 0 Å². The van der Waals surface area contributed by atoms with Crippen LogP contribution in [0.3, 0.4) is 0 Å². The third kappa shape index (κ3) is 3.42. The number of morpholine rings is 1. The van der Waals surface area contributed by atoms with Crippen LogP contribution in [0.1, 0.15) is 34.1 Å². The normalized spacial score (nSPS) is 25.2. The zero-order valence-corrected chi connectivity index (χ0v) is 12.7. The fraction of sp³-hybridized carbons (Fsp3) is 0.857. The van der Waals surface area contributed by atoms with E-state index in [4.69, 9.17) is 9.84 Å². The number of carboxylic acids is 1. The standard InChI is InChI=1S/C14H24N2O4/c1-13(2)8-16(9-14(3,4)20-13)12(19)15-6-10(7-15)5-11(17)18/h10H,5-9H2,1-4H3,(H,17,18). The number of urea groups is 1. The molecule has 2 fully saturated rings. The summed E-state index contributed by atoms with van der Waals surface area (Å²) in [7, 11) is 0. The van der Waals surface area contributed by atoms with E-state index in [9.17, 15) is 9.59 Å². The Morgan fingerprint density at radius 1 is 1.10 bits per heavy atom. The van der Waals surface area contributed by atoms with Crippen molar-refractivity contribution in [3.8, 4) is 0 Å². The SMILES string of the molecule is CC1(C)CN(C(=O)N2CC(CC(=O)O)C2)CC(C)(C)O1. The van der Waals surface area contributed by atoms with E-state index >= 15 is 0 Å². The zero-order valence-electron chi connectivity index (χ0n) is 12.7. The largest absolute Gasteiger partial charge is 0.481 e. The molecule has 0 spiro atoms. The molecule has 6 heteroatoms. The van der Waals surface area contributed by atoms with Gasteiger partial charge in [-0.1, -0.05) is 0 Å². The van der Waals surface area contributed by atoms with Crippen molar-refractivity contribution in [3.05, 3.63) is 0 Å². The molecule has 0 aromatic carbocycles. The highest BCUT2D eigenvalue weighted by Crippen LogP contribution is 2.30. The van der Waals surface area contributed by atoms with E-state index in [2.05, 4.69) is 0 Å². The van der Waals surface area contributed by atoms with Crippen LogP contribution < -0.4 is 0 Å². The highest BCUT2D eigenvalue weighted by Gasteiger charge is 2.43. The van der Waals surface area contributed by atoms with Crippen LogP contribution in [0.2, 0.25) is 0 Å². The predicted octanol–water partition coefficient (Wildman–Crippen LogP) is 1.40. The second-order valence-electron chi connectivity index (χ2n) is 7.13. The summed E-state index contributed by atoms with van der Waals surface area (Å²) in [6, 6.07) is -0.00362. The van der Waals surface area contributed by atoms with Crippen LogP contribution in [0.4, 0.5) is 4.79 Å². The first-order chi connectivity index (χ1) is 9.08. The Kier molecular flexibility index (Phi) is 3.71. The Hall–Kier alpha value is -1.30. The maximum atomic E-state index is 12.4. The maximum absolute atomic E-state index is 12.4. The van der Waals surface area contributed by atoms with E-state index in [0.717, 1.165) is 0 Å². The molecular formula is C14H24N2O4. The lowest BCUT2D eigenvalue weighted by Gasteiger charge is -2.50. The van der Waals surface area contributed by atoms with Gasteiger partial charge in [0.25, 0.3) is 0 Å². The van der Waals surface area contributed by atoms with Crippen molar-refractivity contribution < 1.29 is 19.4 Å². The average Bonchev–Trinajstić information content (AvgIpc) is 2.16. The molecule has 1 N–H and O–H groups in total. The van der Waals surface area contributed by atoms with Crippen LogP contribution in [-0.4, -0.2) is 64.3 Å². The fourth-order valence-electron chi connectivity index (χ4n) is 3.23. The molecule has 2 aliphatic heterocycles. The molecule has 0 aliphatic carbocycles. The summed E-state index contributed by atoms with van der Waals surface area (Å²) < 4.78 is 5.96. The highest BCUT2D eigenvalue weighted by molar-refractivity contribution is 5.76. The summed E-state index contributed by atoms with van der Waals surface area (Å²) in [5.74, 6) is -0.700. The summed E-state index contributed by atoms with van der Waals surface area (Å²) in [6.07, 6.45) is 0.143. The minimum atomic E-state index is -0.796. The first kappa shape index (κ1) is 15.1. The minimum Gasteiger partial charge on any atom is -0.481 e. The van der Waals surface area contributed by atoms with E-state index in [1.165, 1.54) is 0 Å². The second-order valence-corrected chi connectivity index (χ2v) is 7.13. The minimum absolute atomic E-state index is 0.00362. The number of rotatable bonds is 2. The molecule has 6 nitrogen and oxygen atoms in total. The van der Waals surface area contributed by atoms with Crippen molar-refractivity contribution in [1.82, 2.24) is 9.80 Å². The van der Waals surface area contributed by atoms with Crippen LogP contribution >= 0.6 is 0 Å². The van der Waals surface area contributed by atoms with Crippen molar-refractivity contribution >= 4 is 12.0 Å². The third-order valence-corrected chi connectivity index (χ3v) is 3.66. The van der Waals surface area contributed by atoms with E-state index in [1.807, 2.05) is 32.6 Å². The van der Waals surface area contributed by atoms with Crippen molar-refractivity contribution in [2.24, 2.45) is 5.92 Å². The van der Waals surface area contributed by atoms with Gasteiger partial charge in [-0.25, -0.2) is 4.79 Å². The molecule has 2 amide bonds. The summed E-state index contributed by atoms with van der Waals surface area (Å²) in [5.41, 5.74) is -0.717. The average molecular weight is 284 g/mol. The molecule has 0 saturated carbocycles. The molecule has 2 rings (SSSR count). The Morgan fingerprint density at radius 2 is 1.60 bits per heavy atom. The van der Waals surface area contributed by atoms with Gasteiger partial charge in [-0.2, -0.15) is 0 Å². The first-order valence-electron chi connectivity index (χ1n) is 7.04. The molecule has 0 aromatic heterocycles.